The van der Waals surface area contributed by atoms with Crippen LogP contribution in [0, 0.1) is 5.92 Å². The molecule has 1 heterocycles. The first-order chi connectivity index (χ1) is 10.1. The van der Waals surface area contributed by atoms with E-state index in [2.05, 4.69) is 12.2 Å². The fourth-order valence-corrected chi connectivity index (χ4v) is 4.41. The Labute approximate surface area is 128 Å². The van der Waals surface area contributed by atoms with Gasteiger partial charge in [0.15, 0.2) is 0 Å². The SMILES string of the molecule is CCC1CCCN(S(=O)(=O)c2ccc(CNC)cc2)CC1. The van der Waals surface area contributed by atoms with Gasteiger partial charge in [-0.1, -0.05) is 25.5 Å². The van der Waals surface area contributed by atoms with Gasteiger partial charge >= 0.3 is 0 Å². The number of nitrogens with zero attached hydrogens (tertiary/aromatic N) is 1. The van der Waals surface area contributed by atoms with Crippen LogP contribution in [-0.2, 0) is 16.6 Å². The molecule has 1 saturated heterocycles. The van der Waals surface area contributed by atoms with Crippen molar-refractivity contribution in [1.29, 1.82) is 0 Å². The molecule has 21 heavy (non-hydrogen) atoms. The molecule has 4 nitrogen and oxygen atoms in total. The van der Waals surface area contributed by atoms with Gasteiger partial charge in [0.2, 0.25) is 10.0 Å². The molecule has 2 rings (SSSR count). The lowest BCUT2D eigenvalue weighted by molar-refractivity contribution is 0.407. The molecule has 1 aromatic rings. The summed E-state index contributed by atoms with van der Waals surface area (Å²) >= 11 is 0. The summed E-state index contributed by atoms with van der Waals surface area (Å²) in [6.07, 6.45) is 4.24. The minimum atomic E-state index is -3.34. The van der Waals surface area contributed by atoms with Crippen LogP contribution in [0.15, 0.2) is 29.2 Å². The zero-order valence-corrected chi connectivity index (χ0v) is 13.8. The van der Waals surface area contributed by atoms with Crippen molar-refractivity contribution in [1.82, 2.24) is 9.62 Å². The first kappa shape index (κ1) is 16.5. The van der Waals surface area contributed by atoms with E-state index in [4.69, 9.17) is 0 Å². The third-order valence-corrected chi connectivity index (χ3v) is 6.24. The van der Waals surface area contributed by atoms with Crippen molar-refractivity contribution in [3.05, 3.63) is 29.8 Å². The third kappa shape index (κ3) is 4.05. The lowest BCUT2D eigenvalue weighted by atomic mass is 9.98. The molecule has 1 unspecified atom stereocenters. The fraction of sp³-hybridized carbons (Fsp3) is 0.625. The molecule has 5 heteroatoms. The van der Waals surface area contributed by atoms with Crippen LogP contribution in [0.5, 0.6) is 0 Å². The standard InChI is InChI=1S/C16H26N2O2S/c1-3-14-5-4-11-18(12-10-14)21(19,20)16-8-6-15(7-9-16)13-17-2/h6-9,14,17H,3-5,10-13H2,1-2H3. The Balaban J connectivity index is 2.13. The summed E-state index contributed by atoms with van der Waals surface area (Å²) in [4.78, 5) is 0.414. The Bertz CT molecular complexity index is 540. The van der Waals surface area contributed by atoms with Crippen LogP contribution >= 0.6 is 0 Å². The van der Waals surface area contributed by atoms with E-state index in [1.165, 1.54) is 0 Å². The largest absolute Gasteiger partial charge is 0.316 e. The van der Waals surface area contributed by atoms with Gasteiger partial charge in [0.1, 0.15) is 0 Å². The van der Waals surface area contributed by atoms with E-state index in [0.717, 1.165) is 37.8 Å². The number of hydrogen-bond acceptors (Lipinski definition) is 3. The molecule has 1 fully saturated rings. The number of sulfonamides is 1. The van der Waals surface area contributed by atoms with E-state index in [9.17, 15) is 8.42 Å². The normalized spacial score (nSPS) is 21.1. The number of rotatable bonds is 5. The summed E-state index contributed by atoms with van der Waals surface area (Å²) in [5.74, 6) is 0.670. The molecule has 1 aliphatic heterocycles. The molecular weight excluding hydrogens is 284 g/mol. The smallest absolute Gasteiger partial charge is 0.243 e. The molecule has 1 N–H and O–H groups in total. The molecule has 1 aromatic carbocycles. The lowest BCUT2D eigenvalue weighted by Crippen LogP contribution is -2.32. The second-order valence-corrected chi connectivity index (χ2v) is 7.72. The van der Waals surface area contributed by atoms with Crippen molar-refractivity contribution < 1.29 is 8.42 Å². The van der Waals surface area contributed by atoms with Crippen LogP contribution in [0.4, 0.5) is 0 Å². The number of nitrogens with one attached hydrogen (secondary N) is 1. The molecule has 0 bridgehead atoms. The van der Waals surface area contributed by atoms with E-state index in [1.807, 2.05) is 19.2 Å². The predicted molar refractivity (Wildman–Crippen MR) is 85.6 cm³/mol. The Morgan fingerprint density at radius 1 is 1.19 bits per heavy atom. The molecule has 0 amide bonds. The Kier molecular flexibility index (Phi) is 5.79. The summed E-state index contributed by atoms with van der Waals surface area (Å²) in [6.45, 7) is 4.24. The van der Waals surface area contributed by atoms with Crippen molar-refractivity contribution in [3.63, 3.8) is 0 Å². The first-order valence-electron chi connectivity index (χ1n) is 7.81. The summed E-state index contributed by atoms with van der Waals surface area (Å²) in [7, 11) is -1.45. The quantitative estimate of drug-likeness (QED) is 0.909. The minimum Gasteiger partial charge on any atom is -0.316 e. The van der Waals surface area contributed by atoms with Gasteiger partial charge in [0.05, 0.1) is 4.90 Å². The zero-order chi connectivity index (χ0) is 15.3. The highest BCUT2D eigenvalue weighted by Crippen LogP contribution is 2.25. The highest BCUT2D eigenvalue weighted by molar-refractivity contribution is 7.89. The molecule has 1 atom stereocenters. The third-order valence-electron chi connectivity index (χ3n) is 4.33. The fourth-order valence-electron chi connectivity index (χ4n) is 2.92. The van der Waals surface area contributed by atoms with Crippen molar-refractivity contribution >= 4 is 10.0 Å². The van der Waals surface area contributed by atoms with Crippen molar-refractivity contribution in [2.45, 2.75) is 44.0 Å². The van der Waals surface area contributed by atoms with E-state index < -0.39 is 10.0 Å². The molecule has 118 valence electrons. The predicted octanol–water partition coefficient (Wildman–Crippen LogP) is 2.61. The Hall–Kier alpha value is -0.910. The molecule has 0 spiro atoms. The van der Waals surface area contributed by atoms with Crippen molar-refractivity contribution in [2.75, 3.05) is 20.1 Å². The maximum atomic E-state index is 12.7. The van der Waals surface area contributed by atoms with Crippen LogP contribution in [0.2, 0.25) is 0 Å². The highest BCUT2D eigenvalue weighted by atomic mass is 32.2. The highest BCUT2D eigenvalue weighted by Gasteiger charge is 2.26. The van der Waals surface area contributed by atoms with E-state index in [-0.39, 0.29) is 0 Å². The Morgan fingerprint density at radius 3 is 2.52 bits per heavy atom. The zero-order valence-electron chi connectivity index (χ0n) is 13.0. The molecule has 0 aromatic heterocycles. The number of hydrogen-bond donors (Lipinski definition) is 1. The van der Waals surface area contributed by atoms with Gasteiger partial charge in [0.25, 0.3) is 0 Å². The van der Waals surface area contributed by atoms with Gasteiger partial charge in [-0.05, 0) is 49.9 Å². The van der Waals surface area contributed by atoms with Crippen LogP contribution in [0.25, 0.3) is 0 Å². The molecule has 0 radical (unpaired) electrons. The topological polar surface area (TPSA) is 49.4 Å². The van der Waals surface area contributed by atoms with E-state index >= 15 is 0 Å². The summed E-state index contributed by atoms with van der Waals surface area (Å²) < 4.78 is 27.1. The summed E-state index contributed by atoms with van der Waals surface area (Å²) in [6, 6.07) is 7.22. The molecular formula is C16H26N2O2S. The van der Waals surface area contributed by atoms with Gasteiger partial charge < -0.3 is 5.32 Å². The van der Waals surface area contributed by atoms with Gasteiger partial charge in [0, 0.05) is 19.6 Å². The average molecular weight is 310 g/mol. The molecule has 0 aliphatic carbocycles. The van der Waals surface area contributed by atoms with E-state index in [0.29, 0.717) is 23.9 Å². The molecule has 1 aliphatic rings. The minimum absolute atomic E-state index is 0.414. The van der Waals surface area contributed by atoms with Gasteiger partial charge in [-0.3, -0.25) is 0 Å². The number of benzene rings is 1. The second kappa shape index (κ2) is 7.38. The second-order valence-electron chi connectivity index (χ2n) is 5.78. The van der Waals surface area contributed by atoms with Crippen molar-refractivity contribution in [2.24, 2.45) is 5.92 Å². The van der Waals surface area contributed by atoms with Crippen LogP contribution in [-0.4, -0.2) is 32.9 Å². The van der Waals surface area contributed by atoms with Gasteiger partial charge in [-0.15, -0.1) is 0 Å². The van der Waals surface area contributed by atoms with E-state index in [1.54, 1.807) is 16.4 Å². The average Bonchev–Trinajstić information content (AvgIpc) is 2.74. The van der Waals surface area contributed by atoms with Crippen LogP contribution < -0.4 is 5.32 Å². The van der Waals surface area contributed by atoms with Crippen LogP contribution in [0.3, 0.4) is 0 Å². The Morgan fingerprint density at radius 2 is 1.90 bits per heavy atom. The summed E-state index contributed by atoms with van der Waals surface area (Å²) in [5, 5.41) is 3.07. The van der Waals surface area contributed by atoms with Crippen molar-refractivity contribution in [3.8, 4) is 0 Å². The van der Waals surface area contributed by atoms with Crippen LogP contribution in [0.1, 0.15) is 38.2 Å². The first-order valence-corrected chi connectivity index (χ1v) is 9.25. The van der Waals surface area contributed by atoms with Gasteiger partial charge in [-0.25, -0.2) is 8.42 Å². The molecule has 0 saturated carbocycles. The maximum absolute atomic E-state index is 12.7. The maximum Gasteiger partial charge on any atom is 0.243 e. The monoisotopic (exact) mass is 310 g/mol. The van der Waals surface area contributed by atoms with Gasteiger partial charge in [-0.2, -0.15) is 4.31 Å². The summed E-state index contributed by atoms with van der Waals surface area (Å²) in [5.41, 5.74) is 1.10. The lowest BCUT2D eigenvalue weighted by Gasteiger charge is -2.20.